The van der Waals surface area contributed by atoms with Gasteiger partial charge in [-0.15, -0.1) is 0 Å². The molecule has 1 rings (SSSR count). The number of hydrogen-bond acceptors (Lipinski definition) is 1. The van der Waals surface area contributed by atoms with Gasteiger partial charge in [-0.1, -0.05) is 25.1 Å². The summed E-state index contributed by atoms with van der Waals surface area (Å²) in [6.45, 7) is 1.88. The maximum absolute atomic E-state index is 13.0. The average molecular weight is 168 g/mol. The highest BCUT2D eigenvalue weighted by atomic mass is 19.1. The topological polar surface area (TPSA) is 20.2 Å². The normalized spacial score (nSPS) is 12.9. The number of hydrogen-bond donors (Lipinski definition) is 1. The van der Waals surface area contributed by atoms with Crippen molar-refractivity contribution in [3.8, 4) is 0 Å². The van der Waals surface area contributed by atoms with Crippen molar-refractivity contribution in [1.29, 1.82) is 0 Å². The molecule has 0 saturated heterocycles. The van der Waals surface area contributed by atoms with Gasteiger partial charge in [0, 0.05) is 6.42 Å². The van der Waals surface area contributed by atoms with Crippen molar-refractivity contribution in [2.75, 3.05) is 0 Å². The van der Waals surface area contributed by atoms with Gasteiger partial charge in [-0.3, -0.25) is 0 Å². The van der Waals surface area contributed by atoms with Gasteiger partial charge in [0.2, 0.25) is 0 Å². The zero-order valence-corrected chi connectivity index (χ0v) is 7.13. The first kappa shape index (κ1) is 9.20. The second-order valence-electron chi connectivity index (χ2n) is 2.86. The molecule has 1 N–H and O–H groups in total. The Bertz CT molecular complexity index is 247. The molecular weight excluding hydrogens is 155 g/mol. The van der Waals surface area contributed by atoms with E-state index in [0.717, 1.165) is 0 Å². The summed E-state index contributed by atoms with van der Waals surface area (Å²) in [5, 5.41) is 9.27. The molecule has 0 amide bonds. The van der Waals surface area contributed by atoms with Crippen LogP contribution >= 0.6 is 0 Å². The van der Waals surface area contributed by atoms with Crippen LogP contribution in [-0.4, -0.2) is 11.2 Å². The van der Waals surface area contributed by atoms with Gasteiger partial charge in [0.25, 0.3) is 0 Å². The van der Waals surface area contributed by atoms with E-state index in [1.54, 1.807) is 18.2 Å². The molecule has 1 aromatic carbocycles. The minimum absolute atomic E-state index is 0.231. The van der Waals surface area contributed by atoms with Crippen LogP contribution in [0.15, 0.2) is 24.3 Å². The zero-order valence-electron chi connectivity index (χ0n) is 7.13. The van der Waals surface area contributed by atoms with E-state index in [9.17, 15) is 9.50 Å². The van der Waals surface area contributed by atoms with Crippen LogP contribution in [0.5, 0.6) is 0 Å². The predicted molar refractivity (Wildman–Crippen MR) is 46.4 cm³/mol. The summed E-state index contributed by atoms with van der Waals surface area (Å²) in [6, 6.07) is 6.55. The highest BCUT2D eigenvalue weighted by Gasteiger charge is 2.05. The van der Waals surface area contributed by atoms with Gasteiger partial charge in [-0.25, -0.2) is 4.39 Å². The fraction of sp³-hybridized carbons (Fsp3) is 0.400. The quantitative estimate of drug-likeness (QED) is 0.733. The first-order valence-corrected chi connectivity index (χ1v) is 4.15. The lowest BCUT2D eigenvalue weighted by Gasteiger charge is -2.07. The van der Waals surface area contributed by atoms with Crippen LogP contribution in [0, 0.1) is 5.82 Å². The summed E-state index contributed by atoms with van der Waals surface area (Å²) < 4.78 is 13.0. The summed E-state index contributed by atoms with van der Waals surface area (Å²) in [7, 11) is 0. The van der Waals surface area contributed by atoms with Crippen molar-refractivity contribution in [3.05, 3.63) is 35.6 Å². The summed E-state index contributed by atoms with van der Waals surface area (Å²) in [5.74, 6) is -0.231. The Morgan fingerprint density at radius 3 is 2.67 bits per heavy atom. The lowest BCUT2D eigenvalue weighted by molar-refractivity contribution is 0.169. The van der Waals surface area contributed by atoms with Gasteiger partial charge in [0.05, 0.1) is 6.10 Å². The average Bonchev–Trinajstić information content (AvgIpc) is 2.09. The maximum Gasteiger partial charge on any atom is 0.126 e. The molecule has 0 aliphatic carbocycles. The van der Waals surface area contributed by atoms with Gasteiger partial charge in [-0.05, 0) is 18.1 Å². The molecule has 0 aromatic heterocycles. The van der Waals surface area contributed by atoms with Crippen LogP contribution in [0.4, 0.5) is 4.39 Å². The number of benzene rings is 1. The van der Waals surface area contributed by atoms with Crippen molar-refractivity contribution < 1.29 is 9.50 Å². The van der Waals surface area contributed by atoms with E-state index in [-0.39, 0.29) is 5.82 Å². The standard InChI is InChI=1S/C10H13FO/c1-2-9(12)7-8-5-3-4-6-10(8)11/h3-6,9,12H,2,7H2,1H3/t9-/m1/s1. The summed E-state index contributed by atoms with van der Waals surface area (Å²) in [6.07, 6.45) is 0.638. The third-order valence-electron chi connectivity index (χ3n) is 1.88. The van der Waals surface area contributed by atoms with Crippen LogP contribution in [-0.2, 0) is 6.42 Å². The summed E-state index contributed by atoms with van der Waals surface area (Å²) in [5.41, 5.74) is 0.590. The number of aliphatic hydroxyl groups is 1. The van der Waals surface area contributed by atoms with Gasteiger partial charge < -0.3 is 5.11 Å². The first-order valence-electron chi connectivity index (χ1n) is 4.15. The minimum atomic E-state index is -0.429. The number of aliphatic hydroxyl groups excluding tert-OH is 1. The molecule has 1 nitrogen and oxygen atoms in total. The molecular formula is C10H13FO. The van der Waals surface area contributed by atoms with Gasteiger partial charge in [0.1, 0.15) is 5.82 Å². The van der Waals surface area contributed by atoms with Crippen LogP contribution in [0.1, 0.15) is 18.9 Å². The lowest BCUT2D eigenvalue weighted by Crippen LogP contribution is -2.09. The molecule has 0 saturated carbocycles. The number of rotatable bonds is 3. The number of halogens is 1. The molecule has 0 aliphatic rings. The van der Waals surface area contributed by atoms with Crippen molar-refractivity contribution in [1.82, 2.24) is 0 Å². The lowest BCUT2D eigenvalue weighted by atomic mass is 10.1. The predicted octanol–water partition coefficient (Wildman–Crippen LogP) is 2.14. The second-order valence-corrected chi connectivity index (χ2v) is 2.86. The Labute approximate surface area is 71.9 Å². The molecule has 0 fully saturated rings. The molecule has 0 bridgehead atoms. The van der Waals surface area contributed by atoms with Gasteiger partial charge in [0.15, 0.2) is 0 Å². The molecule has 0 spiro atoms. The van der Waals surface area contributed by atoms with E-state index >= 15 is 0 Å². The second kappa shape index (κ2) is 4.21. The third kappa shape index (κ3) is 2.31. The molecule has 1 aromatic rings. The molecule has 0 radical (unpaired) electrons. The first-order chi connectivity index (χ1) is 5.74. The van der Waals surface area contributed by atoms with Crippen molar-refractivity contribution in [3.63, 3.8) is 0 Å². The van der Waals surface area contributed by atoms with Gasteiger partial charge in [-0.2, -0.15) is 0 Å². The smallest absolute Gasteiger partial charge is 0.126 e. The Balaban J connectivity index is 2.69. The maximum atomic E-state index is 13.0. The largest absolute Gasteiger partial charge is 0.393 e. The molecule has 2 heteroatoms. The van der Waals surface area contributed by atoms with Crippen LogP contribution in [0.25, 0.3) is 0 Å². The highest BCUT2D eigenvalue weighted by Crippen LogP contribution is 2.10. The van der Waals surface area contributed by atoms with Gasteiger partial charge >= 0.3 is 0 Å². The monoisotopic (exact) mass is 168 g/mol. The Kier molecular flexibility index (Phi) is 3.23. The van der Waals surface area contributed by atoms with Crippen molar-refractivity contribution in [2.45, 2.75) is 25.9 Å². The molecule has 0 heterocycles. The van der Waals surface area contributed by atoms with E-state index in [0.29, 0.717) is 18.4 Å². The van der Waals surface area contributed by atoms with Crippen molar-refractivity contribution in [2.24, 2.45) is 0 Å². The highest BCUT2D eigenvalue weighted by molar-refractivity contribution is 5.17. The van der Waals surface area contributed by atoms with E-state index in [2.05, 4.69) is 0 Å². The van der Waals surface area contributed by atoms with E-state index in [1.165, 1.54) is 6.07 Å². The molecule has 66 valence electrons. The van der Waals surface area contributed by atoms with E-state index in [4.69, 9.17) is 0 Å². The fourth-order valence-corrected chi connectivity index (χ4v) is 1.06. The van der Waals surface area contributed by atoms with E-state index < -0.39 is 6.10 Å². The third-order valence-corrected chi connectivity index (χ3v) is 1.88. The molecule has 0 unspecified atom stereocenters. The molecule has 1 atom stereocenters. The molecule has 0 aliphatic heterocycles. The zero-order chi connectivity index (χ0) is 8.97. The Morgan fingerprint density at radius 2 is 2.08 bits per heavy atom. The Morgan fingerprint density at radius 1 is 1.42 bits per heavy atom. The van der Waals surface area contributed by atoms with E-state index in [1.807, 2.05) is 6.92 Å². The molecule has 12 heavy (non-hydrogen) atoms. The summed E-state index contributed by atoms with van der Waals surface area (Å²) in [4.78, 5) is 0. The van der Waals surface area contributed by atoms with Crippen LogP contribution in [0.3, 0.4) is 0 Å². The summed E-state index contributed by atoms with van der Waals surface area (Å²) >= 11 is 0. The minimum Gasteiger partial charge on any atom is -0.393 e. The van der Waals surface area contributed by atoms with Crippen LogP contribution in [0.2, 0.25) is 0 Å². The fourth-order valence-electron chi connectivity index (χ4n) is 1.06. The Hall–Kier alpha value is -0.890. The van der Waals surface area contributed by atoms with Crippen LogP contribution < -0.4 is 0 Å². The SMILES string of the molecule is CC[C@@H](O)Cc1ccccc1F. The van der Waals surface area contributed by atoms with Crippen molar-refractivity contribution >= 4 is 0 Å².